The van der Waals surface area contributed by atoms with Crippen molar-refractivity contribution in [3.8, 4) is 17.0 Å². The number of likely N-dealkylation sites (N-methyl/N-ethyl adjacent to an activating group) is 1. The highest BCUT2D eigenvalue weighted by Crippen LogP contribution is 2.29. The predicted octanol–water partition coefficient (Wildman–Crippen LogP) is 3.96. The monoisotopic (exact) mass is 476 g/mol. The van der Waals surface area contributed by atoms with Gasteiger partial charge in [0, 0.05) is 55.3 Å². The van der Waals surface area contributed by atoms with Crippen LogP contribution in [0.15, 0.2) is 59.4 Å². The Kier molecular flexibility index (Phi) is 6.81. The van der Waals surface area contributed by atoms with Gasteiger partial charge in [0.05, 0.1) is 18.8 Å². The van der Waals surface area contributed by atoms with E-state index in [2.05, 4.69) is 22.9 Å². The van der Waals surface area contributed by atoms with E-state index in [1.54, 1.807) is 4.68 Å². The van der Waals surface area contributed by atoms with Crippen molar-refractivity contribution in [3.63, 3.8) is 0 Å². The van der Waals surface area contributed by atoms with Crippen molar-refractivity contribution < 1.29 is 4.74 Å². The summed E-state index contributed by atoms with van der Waals surface area (Å²) in [6, 6.07) is 15.8. The summed E-state index contributed by atoms with van der Waals surface area (Å²) in [7, 11) is 2.14. The lowest BCUT2D eigenvalue weighted by Gasteiger charge is -2.32. The van der Waals surface area contributed by atoms with Gasteiger partial charge in [-0.3, -0.25) is 9.69 Å². The van der Waals surface area contributed by atoms with Gasteiger partial charge in [-0.1, -0.05) is 35.9 Å². The molecule has 2 aliphatic heterocycles. The number of nitrogens with zero attached hydrogens (tertiary/aromatic N) is 4. The van der Waals surface area contributed by atoms with Gasteiger partial charge in [0.1, 0.15) is 5.75 Å². The Hall–Kier alpha value is -2.93. The molecule has 2 aliphatic rings. The summed E-state index contributed by atoms with van der Waals surface area (Å²) in [5.74, 6) is 0.945. The highest BCUT2D eigenvalue weighted by molar-refractivity contribution is 6.30. The van der Waals surface area contributed by atoms with Crippen molar-refractivity contribution in [1.82, 2.24) is 19.6 Å². The van der Waals surface area contributed by atoms with Gasteiger partial charge < -0.3 is 9.64 Å². The third kappa shape index (κ3) is 5.25. The molecule has 0 spiro atoms. The van der Waals surface area contributed by atoms with Gasteiger partial charge >= 0.3 is 0 Å². The van der Waals surface area contributed by atoms with Crippen LogP contribution in [0.3, 0.4) is 0 Å². The molecule has 0 N–H and O–H groups in total. The fourth-order valence-electron chi connectivity index (χ4n) is 4.43. The second-order valence-electron chi connectivity index (χ2n) is 9.00. The van der Waals surface area contributed by atoms with E-state index in [9.17, 15) is 4.79 Å². The molecule has 3 aromatic rings. The van der Waals surface area contributed by atoms with E-state index in [4.69, 9.17) is 21.4 Å². The molecule has 0 atom stereocenters. The first-order valence-corrected chi connectivity index (χ1v) is 12.1. The molecule has 1 aromatic heterocycles. The van der Waals surface area contributed by atoms with Crippen LogP contribution in [0.4, 0.5) is 0 Å². The molecule has 0 radical (unpaired) electrons. The summed E-state index contributed by atoms with van der Waals surface area (Å²) in [6.07, 6.45) is 4.86. The third-order valence-corrected chi connectivity index (χ3v) is 6.73. The number of aromatic nitrogens is 2. The summed E-state index contributed by atoms with van der Waals surface area (Å²) >= 11 is 5.98. The lowest BCUT2D eigenvalue weighted by Crippen LogP contribution is -2.44. The smallest absolute Gasteiger partial charge is 0.271 e. The first-order valence-electron chi connectivity index (χ1n) is 11.8. The van der Waals surface area contributed by atoms with Gasteiger partial charge in [-0.15, -0.1) is 0 Å². The minimum absolute atomic E-state index is 0.0343. The van der Waals surface area contributed by atoms with Gasteiger partial charge in [-0.05, 0) is 54.6 Å². The Morgan fingerprint density at radius 1 is 1.06 bits per heavy atom. The fraction of sp³-hybridized carbons (Fsp3) is 0.333. The Morgan fingerprint density at radius 3 is 2.65 bits per heavy atom. The Morgan fingerprint density at radius 2 is 1.85 bits per heavy atom. The molecule has 0 amide bonds. The van der Waals surface area contributed by atoms with E-state index in [0.29, 0.717) is 18.1 Å². The molecule has 0 unspecified atom stereocenters. The maximum absolute atomic E-state index is 13.4. The van der Waals surface area contributed by atoms with Crippen LogP contribution in [0, 0.1) is 0 Å². The maximum Gasteiger partial charge on any atom is 0.271 e. The molecule has 7 heteroatoms. The first-order chi connectivity index (χ1) is 16.5. The molecule has 176 valence electrons. The Balaban J connectivity index is 1.45. The van der Waals surface area contributed by atoms with Crippen LogP contribution in [0.25, 0.3) is 17.3 Å². The van der Waals surface area contributed by atoms with Crippen molar-refractivity contribution in [2.45, 2.75) is 19.5 Å². The molecule has 1 fully saturated rings. The van der Waals surface area contributed by atoms with Gasteiger partial charge in [0.2, 0.25) is 0 Å². The van der Waals surface area contributed by atoms with Crippen LogP contribution in [-0.4, -0.2) is 59.4 Å². The summed E-state index contributed by atoms with van der Waals surface area (Å²) in [5.41, 5.74) is 4.81. The van der Waals surface area contributed by atoms with Gasteiger partial charge in [0.25, 0.3) is 5.56 Å². The standard InChI is InChI=1S/C27H29ClN4O2/c1-30-12-14-31(15-13-30)19-23-18-25(21-6-9-26-22(17-21)10-16-34-26)29-32(27(23)33)11-2-3-20-4-7-24(28)8-5-20/h2-9,17-18H,10-16,19H2,1H3. The van der Waals surface area contributed by atoms with Crippen molar-refractivity contribution in [3.05, 3.63) is 86.7 Å². The molecule has 3 heterocycles. The normalized spacial score (nSPS) is 16.6. The summed E-state index contributed by atoms with van der Waals surface area (Å²) < 4.78 is 7.24. The number of benzene rings is 2. The SMILES string of the molecule is CN1CCN(Cc2cc(-c3ccc4c(c3)CCO4)nn(CC=Cc3ccc(Cl)cc3)c2=O)CC1. The number of ether oxygens (including phenoxy) is 1. The van der Waals surface area contributed by atoms with Gasteiger partial charge in [-0.25, -0.2) is 4.68 Å². The zero-order chi connectivity index (χ0) is 23.5. The lowest BCUT2D eigenvalue weighted by molar-refractivity contribution is 0.147. The van der Waals surface area contributed by atoms with E-state index in [1.807, 2.05) is 54.6 Å². The van der Waals surface area contributed by atoms with Crippen molar-refractivity contribution in [2.75, 3.05) is 39.8 Å². The summed E-state index contributed by atoms with van der Waals surface area (Å²) in [6.45, 7) is 5.70. The lowest BCUT2D eigenvalue weighted by atomic mass is 10.0. The number of rotatable bonds is 6. The van der Waals surface area contributed by atoms with Crippen LogP contribution in [0.2, 0.25) is 5.02 Å². The molecule has 0 bridgehead atoms. The minimum atomic E-state index is -0.0343. The van der Waals surface area contributed by atoms with Crippen LogP contribution in [0.1, 0.15) is 16.7 Å². The summed E-state index contributed by atoms with van der Waals surface area (Å²) in [5, 5.41) is 5.45. The van der Waals surface area contributed by atoms with E-state index in [1.165, 1.54) is 5.56 Å². The molecule has 0 saturated carbocycles. The van der Waals surface area contributed by atoms with Gasteiger partial charge in [0.15, 0.2) is 0 Å². The first kappa shape index (κ1) is 22.8. The molecular weight excluding hydrogens is 448 g/mol. The van der Waals surface area contributed by atoms with Crippen LogP contribution in [0.5, 0.6) is 5.75 Å². The van der Waals surface area contributed by atoms with Crippen molar-refractivity contribution >= 4 is 17.7 Å². The van der Waals surface area contributed by atoms with Crippen LogP contribution >= 0.6 is 11.6 Å². The molecule has 2 aromatic carbocycles. The third-order valence-electron chi connectivity index (χ3n) is 6.48. The number of halogens is 1. The van der Waals surface area contributed by atoms with E-state index < -0.39 is 0 Å². The molecule has 5 rings (SSSR count). The number of piperazine rings is 1. The Bertz CT molecular complexity index is 1240. The second-order valence-corrected chi connectivity index (χ2v) is 9.43. The largest absolute Gasteiger partial charge is 0.493 e. The average molecular weight is 477 g/mol. The molecular formula is C27H29ClN4O2. The molecule has 34 heavy (non-hydrogen) atoms. The predicted molar refractivity (Wildman–Crippen MR) is 136 cm³/mol. The molecule has 6 nitrogen and oxygen atoms in total. The number of hydrogen-bond acceptors (Lipinski definition) is 5. The fourth-order valence-corrected chi connectivity index (χ4v) is 4.56. The van der Waals surface area contributed by atoms with E-state index in [0.717, 1.165) is 67.3 Å². The number of hydrogen-bond donors (Lipinski definition) is 0. The number of fused-ring (bicyclic) bond motifs is 1. The van der Waals surface area contributed by atoms with Crippen LogP contribution < -0.4 is 10.3 Å². The second kappa shape index (κ2) is 10.1. The quantitative estimate of drug-likeness (QED) is 0.539. The summed E-state index contributed by atoms with van der Waals surface area (Å²) in [4.78, 5) is 18.0. The average Bonchev–Trinajstić information content (AvgIpc) is 3.32. The topological polar surface area (TPSA) is 50.6 Å². The zero-order valence-electron chi connectivity index (χ0n) is 19.4. The highest BCUT2D eigenvalue weighted by atomic mass is 35.5. The Labute approximate surface area is 205 Å². The van der Waals surface area contributed by atoms with E-state index >= 15 is 0 Å². The zero-order valence-corrected chi connectivity index (χ0v) is 20.2. The molecule has 0 aliphatic carbocycles. The van der Waals surface area contributed by atoms with Crippen molar-refractivity contribution in [1.29, 1.82) is 0 Å². The maximum atomic E-state index is 13.4. The minimum Gasteiger partial charge on any atom is -0.493 e. The van der Waals surface area contributed by atoms with Crippen molar-refractivity contribution in [2.24, 2.45) is 0 Å². The molecule has 1 saturated heterocycles. The number of allylic oxidation sites excluding steroid dienone is 1. The highest BCUT2D eigenvalue weighted by Gasteiger charge is 2.19. The van der Waals surface area contributed by atoms with E-state index in [-0.39, 0.29) is 5.56 Å². The van der Waals surface area contributed by atoms with Gasteiger partial charge in [-0.2, -0.15) is 5.10 Å². The van der Waals surface area contributed by atoms with Crippen LogP contribution in [-0.2, 0) is 19.5 Å².